The second-order valence-corrected chi connectivity index (χ2v) is 7.33. The van der Waals surface area contributed by atoms with Crippen LogP contribution in [0.25, 0.3) is 0 Å². The third kappa shape index (κ3) is 2.36. The van der Waals surface area contributed by atoms with Crippen molar-refractivity contribution in [2.24, 2.45) is 0 Å². The lowest BCUT2D eigenvalue weighted by Crippen LogP contribution is -2.46. The summed E-state index contributed by atoms with van der Waals surface area (Å²) in [7, 11) is -3.24. The van der Waals surface area contributed by atoms with Gasteiger partial charge in [0.15, 0.2) is 0 Å². The Morgan fingerprint density at radius 2 is 1.85 bits per heavy atom. The van der Waals surface area contributed by atoms with Crippen LogP contribution in [0.5, 0.6) is 0 Å². The summed E-state index contributed by atoms with van der Waals surface area (Å²) in [6.45, 7) is 5.04. The topological polar surface area (TPSA) is 46.2 Å². The Kier molecular flexibility index (Phi) is 2.69. The molecule has 0 atom stereocenters. The second-order valence-electron chi connectivity index (χ2n) is 4.63. The standard InChI is InChI=1S/C8H16ClNO2S/c1-7(2,3)13(11,12)10-8(6-9)4-5-8/h10H,4-6H2,1-3H3. The van der Waals surface area contributed by atoms with E-state index in [1.807, 2.05) is 0 Å². The summed E-state index contributed by atoms with van der Waals surface area (Å²) >= 11 is 5.68. The number of sulfonamides is 1. The molecule has 78 valence electrons. The van der Waals surface area contributed by atoms with Crippen molar-refractivity contribution < 1.29 is 8.42 Å². The van der Waals surface area contributed by atoms with Gasteiger partial charge in [-0.1, -0.05) is 0 Å². The van der Waals surface area contributed by atoms with Crippen molar-refractivity contribution >= 4 is 21.6 Å². The normalized spacial score (nSPS) is 21.5. The fourth-order valence-corrected chi connectivity index (χ4v) is 2.42. The highest BCUT2D eigenvalue weighted by Gasteiger charge is 2.47. The first-order valence-corrected chi connectivity index (χ1v) is 6.34. The van der Waals surface area contributed by atoms with Crippen molar-refractivity contribution in [3.63, 3.8) is 0 Å². The van der Waals surface area contributed by atoms with E-state index in [4.69, 9.17) is 11.6 Å². The van der Waals surface area contributed by atoms with Crippen LogP contribution in [0.15, 0.2) is 0 Å². The fraction of sp³-hybridized carbons (Fsp3) is 1.00. The first-order valence-electron chi connectivity index (χ1n) is 4.32. The van der Waals surface area contributed by atoms with Gasteiger partial charge >= 0.3 is 0 Å². The molecule has 0 saturated heterocycles. The van der Waals surface area contributed by atoms with Crippen molar-refractivity contribution in [3.05, 3.63) is 0 Å². The minimum absolute atomic E-state index is 0.340. The van der Waals surface area contributed by atoms with Gasteiger partial charge in [-0.25, -0.2) is 13.1 Å². The van der Waals surface area contributed by atoms with Crippen LogP contribution in [0.2, 0.25) is 0 Å². The number of halogens is 1. The summed E-state index contributed by atoms with van der Waals surface area (Å²) < 4.78 is 25.3. The number of hydrogen-bond acceptors (Lipinski definition) is 2. The molecule has 13 heavy (non-hydrogen) atoms. The fourth-order valence-electron chi connectivity index (χ4n) is 0.852. The molecule has 1 saturated carbocycles. The van der Waals surface area contributed by atoms with Crippen LogP contribution in [0.1, 0.15) is 33.6 Å². The van der Waals surface area contributed by atoms with Crippen LogP contribution in [-0.2, 0) is 10.0 Å². The third-order valence-corrected chi connectivity index (χ3v) is 5.09. The molecule has 0 aromatic rings. The maximum absolute atomic E-state index is 11.7. The first-order chi connectivity index (χ1) is 5.72. The Morgan fingerprint density at radius 3 is 2.08 bits per heavy atom. The molecule has 0 unspecified atom stereocenters. The van der Waals surface area contributed by atoms with Gasteiger partial charge in [-0.15, -0.1) is 11.6 Å². The van der Waals surface area contributed by atoms with Gasteiger partial charge in [0.05, 0.1) is 4.75 Å². The van der Waals surface area contributed by atoms with Crippen molar-refractivity contribution in [3.8, 4) is 0 Å². The molecule has 0 radical (unpaired) electrons. The summed E-state index contributed by atoms with van der Waals surface area (Å²) in [5.74, 6) is 0.363. The molecule has 3 nitrogen and oxygen atoms in total. The number of alkyl halides is 1. The van der Waals surface area contributed by atoms with E-state index in [0.717, 1.165) is 12.8 Å². The lowest BCUT2D eigenvalue weighted by molar-refractivity contribution is 0.526. The zero-order valence-corrected chi connectivity index (χ0v) is 9.80. The van der Waals surface area contributed by atoms with Crippen LogP contribution in [0, 0.1) is 0 Å². The highest BCUT2D eigenvalue weighted by molar-refractivity contribution is 7.90. The van der Waals surface area contributed by atoms with E-state index in [-0.39, 0.29) is 5.54 Å². The van der Waals surface area contributed by atoms with Crippen LogP contribution in [0.3, 0.4) is 0 Å². The molecular weight excluding hydrogens is 210 g/mol. The largest absolute Gasteiger partial charge is 0.217 e. The first kappa shape index (κ1) is 11.3. The van der Waals surface area contributed by atoms with Gasteiger partial charge < -0.3 is 0 Å². The minimum atomic E-state index is -3.24. The van der Waals surface area contributed by atoms with Gasteiger partial charge in [0.1, 0.15) is 0 Å². The highest BCUT2D eigenvalue weighted by atomic mass is 35.5. The Labute approximate surface area is 84.9 Å². The van der Waals surface area contributed by atoms with E-state index in [0.29, 0.717) is 5.88 Å². The van der Waals surface area contributed by atoms with E-state index in [1.54, 1.807) is 20.8 Å². The van der Waals surface area contributed by atoms with Gasteiger partial charge in [-0.2, -0.15) is 0 Å². The van der Waals surface area contributed by atoms with Crippen molar-refractivity contribution in [1.82, 2.24) is 4.72 Å². The zero-order valence-electron chi connectivity index (χ0n) is 8.22. The molecule has 0 bridgehead atoms. The molecule has 5 heteroatoms. The van der Waals surface area contributed by atoms with E-state index in [9.17, 15) is 8.42 Å². The van der Waals surface area contributed by atoms with Crippen molar-refractivity contribution in [2.75, 3.05) is 5.88 Å². The summed E-state index contributed by atoms with van der Waals surface area (Å²) in [5, 5.41) is 0. The van der Waals surface area contributed by atoms with E-state index in [1.165, 1.54) is 0 Å². The Hall–Kier alpha value is 0.200. The lowest BCUT2D eigenvalue weighted by atomic mass is 10.3. The second kappa shape index (κ2) is 3.11. The molecule has 0 aromatic carbocycles. The average Bonchev–Trinajstić information content (AvgIpc) is 2.66. The molecule has 0 amide bonds. The predicted molar refractivity (Wildman–Crippen MR) is 54.5 cm³/mol. The van der Waals surface area contributed by atoms with E-state index >= 15 is 0 Å². The lowest BCUT2D eigenvalue weighted by Gasteiger charge is -2.23. The highest BCUT2D eigenvalue weighted by Crippen LogP contribution is 2.38. The smallest absolute Gasteiger partial charge is 0.212 e. The molecular formula is C8H16ClNO2S. The molecule has 1 N–H and O–H groups in total. The van der Waals surface area contributed by atoms with Crippen molar-refractivity contribution in [1.29, 1.82) is 0 Å². The SMILES string of the molecule is CC(C)(C)S(=O)(=O)NC1(CCl)CC1. The Morgan fingerprint density at radius 1 is 1.38 bits per heavy atom. The summed E-state index contributed by atoms with van der Waals surface area (Å²) in [4.78, 5) is 0. The number of hydrogen-bond donors (Lipinski definition) is 1. The Bertz CT molecular complexity index is 288. The summed E-state index contributed by atoms with van der Waals surface area (Å²) in [6, 6.07) is 0. The summed E-state index contributed by atoms with van der Waals surface area (Å²) in [5.41, 5.74) is -0.340. The monoisotopic (exact) mass is 225 g/mol. The minimum Gasteiger partial charge on any atom is -0.212 e. The number of rotatable bonds is 3. The van der Waals surface area contributed by atoms with Gasteiger partial charge in [-0.3, -0.25) is 0 Å². The quantitative estimate of drug-likeness (QED) is 0.740. The zero-order chi connectivity index (χ0) is 10.3. The average molecular weight is 226 g/mol. The van der Waals surface area contributed by atoms with Gasteiger partial charge in [0.2, 0.25) is 10.0 Å². The third-order valence-electron chi connectivity index (χ3n) is 2.27. The maximum atomic E-state index is 11.7. The number of nitrogens with one attached hydrogen (secondary N) is 1. The molecule has 0 heterocycles. The van der Waals surface area contributed by atoms with Gasteiger partial charge in [0.25, 0.3) is 0 Å². The molecule has 1 aliphatic rings. The van der Waals surface area contributed by atoms with Gasteiger partial charge in [0, 0.05) is 11.4 Å². The maximum Gasteiger partial charge on any atom is 0.217 e. The Balaban J connectivity index is 2.74. The van der Waals surface area contributed by atoms with Crippen molar-refractivity contribution in [2.45, 2.75) is 43.9 Å². The van der Waals surface area contributed by atoms with Crippen LogP contribution < -0.4 is 4.72 Å². The molecule has 1 fully saturated rings. The van der Waals surface area contributed by atoms with Crippen LogP contribution in [0.4, 0.5) is 0 Å². The molecule has 0 aromatic heterocycles. The van der Waals surface area contributed by atoms with E-state index in [2.05, 4.69) is 4.72 Å². The molecule has 1 rings (SSSR count). The van der Waals surface area contributed by atoms with E-state index < -0.39 is 14.8 Å². The molecule has 0 spiro atoms. The van der Waals surface area contributed by atoms with Crippen LogP contribution in [-0.4, -0.2) is 24.6 Å². The summed E-state index contributed by atoms with van der Waals surface area (Å²) in [6.07, 6.45) is 1.71. The van der Waals surface area contributed by atoms with Gasteiger partial charge in [-0.05, 0) is 33.6 Å². The van der Waals surface area contributed by atoms with Crippen LogP contribution >= 0.6 is 11.6 Å². The molecule has 1 aliphatic carbocycles. The molecule has 0 aliphatic heterocycles. The predicted octanol–water partition coefficient (Wildman–Crippen LogP) is 1.48.